The maximum Gasteiger partial charge on any atom is 0.339 e. The Bertz CT molecular complexity index is 1910. The number of non-ortho nitro benzene ring substituents is 1. The van der Waals surface area contributed by atoms with Crippen LogP contribution in [0.2, 0.25) is 0 Å². The van der Waals surface area contributed by atoms with Crippen LogP contribution in [0.3, 0.4) is 0 Å². The SMILES string of the molecule is O=C(O)c1cc(Cc2cc(N=Nc3ccc(Nc4ccc([N+](=O)[O-])cc4S(=O)(=O)O)cc3)c(O)c(C(=O)O)c2)ccc1O. The summed E-state index contributed by atoms with van der Waals surface area (Å²) in [5.41, 5.74) is -0.345. The Labute approximate surface area is 241 Å². The molecule has 0 spiro atoms. The Morgan fingerprint density at radius 1 is 0.837 bits per heavy atom. The van der Waals surface area contributed by atoms with Gasteiger partial charge in [0.15, 0.2) is 5.75 Å². The zero-order chi connectivity index (χ0) is 31.5. The number of carbonyl (C=O) groups is 2. The summed E-state index contributed by atoms with van der Waals surface area (Å²) in [6.45, 7) is 0. The predicted octanol–water partition coefficient (Wildman–Crippen LogP) is 5.40. The van der Waals surface area contributed by atoms with Crippen molar-refractivity contribution in [2.45, 2.75) is 11.3 Å². The van der Waals surface area contributed by atoms with Gasteiger partial charge in [0.05, 0.1) is 16.3 Å². The lowest BCUT2D eigenvalue weighted by atomic mass is 9.99. The second-order valence-corrected chi connectivity index (χ2v) is 10.3. The van der Waals surface area contributed by atoms with E-state index in [4.69, 9.17) is 0 Å². The van der Waals surface area contributed by atoms with E-state index in [-0.39, 0.29) is 29.0 Å². The number of aromatic hydroxyl groups is 2. The topological polar surface area (TPSA) is 249 Å². The first-order valence-corrected chi connectivity index (χ1v) is 13.4. The van der Waals surface area contributed by atoms with Crippen molar-refractivity contribution < 1.29 is 47.9 Å². The van der Waals surface area contributed by atoms with E-state index in [0.29, 0.717) is 22.9 Å². The molecule has 4 rings (SSSR count). The highest BCUT2D eigenvalue weighted by Crippen LogP contribution is 2.35. The third-order valence-corrected chi connectivity index (χ3v) is 6.85. The Morgan fingerprint density at radius 2 is 1.49 bits per heavy atom. The van der Waals surface area contributed by atoms with Gasteiger partial charge in [-0.3, -0.25) is 14.7 Å². The van der Waals surface area contributed by atoms with Crippen molar-refractivity contribution in [1.82, 2.24) is 0 Å². The predicted molar refractivity (Wildman–Crippen MR) is 150 cm³/mol. The molecule has 0 saturated heterocycles. The molecule has 220 valence electrons. The van der Waals surface area contributed by atoms with Gasteiger partial charge in [-0.25, -0.2) is 9.59 Å². The van der Waals surface area contributed by atoms with E-state index in [9.17, 15) is 53.1 Å². The summed E-state index contributed by atoms with van der Waals surface area (Å²) in [6.07, 6.45) is 0.0399. The van der Waals surface area contributed by atoms with Gasteiger partial charge in [-0.15, -0.1) is 5.11 Å². The van der Waals surface area contributed by atoms with E-state index < -0.39 is 54.6 Å². The second-order valence-electron chi connectivity index (χ2n) is 8.93. The molecule has 0 fully saturated rings. The van der Waals surface area contributed by atoms with Crippen LogP contribution in [0.5, 0.6) is 11.5 Å². The molecule has 16 heteroatoms. The molecule has 4 aromatic carbocycles. The van der Waals surface area contributed by atoms with E-state index in [1.54, 1.807) is 0 Å². The summed E-state index contributed by atoms with van der Waals surface area (Å²) in [5.74, 6) is -3.89. The molecule has 0 atom stereocenters. The summed E-state index contributed by atoms with van der Waals surface area (Å²) in [5, 5.41) is 60.6. The number of aromatic carboxylic acids is 2. The molecule has 0 unspecified atom stereocenters. The first-order valence-electron chi connectivity index (χ1n) is 11.9. The van der Waals surface area contributed by atoms with E-state index in [0.717, 1.165) is 12.1 Å². The standard InChI is InChI=1S/C27H20N4O11S/c32-23-8-1-14(10-19(23)26(34)35)9-15-11-20(27(36)37)25(33)22(12-15)30-29-17-4-2-16(3-5-17)28-21-7-6-18(31(38)39)13-24(21)43(40,41)42/h1-8,10-13,28,32-33H,9H2,(H,34,35)(H,36,37)(H,40,41,42). The summed E-state index contributed by atoms with van der Waals surface area (Å²) >= 11 is 0. The number of nitro benzene ring substituents is 1. The smallest absolute Gasteiger partial charge is 0.339 e. The van der Waals surface area contributed by atoms with Crippen molar-refractivity contribution in [2.24, 2.45) is 10.2 Å². The van der Waals surface area contributed by atoms with Crippen molar-refractivity contribution in [1.29, 1.82) is 0 Å². The molecule has 0 aromatic heterocycles. The highest BCUT2D eigenvalue weighted by molar-refractivity contribution is 7.86. The number of hydrogen-bond donors (Lipinski definition) is 6. The Balaban J connectivity index is 1.60. The molecule has 0 bridgehead atoms. The highest BCUT2D eigenvalue weighted by Gasteiger charge is 2.21. The third-order valence-electron chi connectivity index (χ3n) is 5.95. The number of nitrogens with one attached hydrogen (secondary N) is 1. The molecule has 43 heavy (non-hydrogen) atoms. The molecule has 0 heterocycles. The average Bonchev–Trinajstić information content (AvgIpc) is 2.94. The van der Waals surface area contributed by atoms with Gasteiger partial charge in [-0.2, -0.15) is 13.5 Å². The van der Waals surface area contributed by atoms with E-state index in [1.807, 2.05) is 0 Å². The number of nitrogens with zero attached hydrogens (tertiary/aromatic N) is 3. The number of nitro groups is 1. The molecule has 0 aliphatic rings. The van der Waals surface area contributed by atoms with Gasteiger partial charge in [0.1, 0.15) is 27.5 Å². The fourth-order valence-electron chi connectivity index (χ4n) is 3.94. The molecule has 0 aliphatic heterocycles. The van der Waals surface area contributed by atoms with Crippen LogP contribution < -0.4 is 5.32 Å². The zero-order valence-corrected chi connectivity index (χ0v) is 22.4. The number of carboxylic acids is 2. The first kappa shape index (κ1) is 30.1. The number of rotatable bonds is 10. The molecular weight excluding hydrogens is 588 g/mol. The minimum Gasteiger partial charge on any atom is -0.507 e. The lowest BCUT2D eigenvalue weighted by Crippen LogP contribution is -2.04. The van der Waals surface area contributed by atoms with Gasteiger partial charge in [0, 0.05) is 17.8 Å². The number of azo groups is 1. The molecule has 4 aromatic rings. The number of anilines is 2. The fourth-order valence-corrected chi connectivity index (χ4v) is 4.61. The van der Waals surface area contributed by atoms with Gasteiger partial charge in [0.2, 0.25) is 0 Å². The first-order chi connectivity index (χ1) is 20.2. The molecule has 0 aliphatic carbocycles. The van der Waals surface area contributed by atoms with Gasteiger partial charge in [-0.1, -0.05) is 6.07 Å². The second kappa shape index (κ2) is 11.9. The minimum atomic E-state index is -4.81. The average molecular weight is 609 g/mol. The fraction of sp³-hybridized carbons (Fsp3) is 0.0370. The third kappa shape index (κ3) is 7.07. The van der Waals surface area contributed by atoms with Gasteiger partial charge < -0.3 is 25.7 Å². The van der Waals surface area contributed by atoms with E-state index >= 15 is 0 Å². The Kier molecular flexibility index (Phi) is 8.35. The van der Waals surface area contributed by atoms with Crippen molar-refractivity contribution in [3.8, 4) is 11.5 Å². The summed E-state index contributed by atoms with van der Waals surface area (Å²) in [6, 6.07) is 15.1. The normalized spacial score (nSPS) is 11.4. The van der Waals surface area contributed by atoms with Gasteiger partial charge >= 0.3 is 11.9 Å². The number of carboxylic acid groups (broad SMARTS) is 2. The maximum atomic E-state index is 11.7. The largest absolute Gasteiger partial charge is 0.507 e. The minimum absolute atomic E-state index is 0.0399. The van der Waals surface area contributed by atoms with Crippen LogP contribution in [-0.2, 0) is 16.5 Å². The summed E-state index contributed by atoms with van der Waals surface area (Å²) in [4.78, 5) is 32.5. The van der Waals surface area contributed by atoms with Crippen LogP contribution in [0, 0.1) is 10.1 Å². The Hall–Kier alpha value is -5.87. The van der Waals surface area contributed by atoms with Crippen LogP contribution in [0.25, 0.3) is 0 Å². The van der Waals surface area contributed by atoms with Crippen LogP contribution in [0.1, 0.15) is 31.8 Å². The van der Waals surface area contributed by atoms with Crippen molar-refractivity contribution in [3.05, 3.63) is 105 Å². The zero-order valence-electron chi connectivity index (χ0n) is 21.6. The molecule has 0 radical (unpaired) electrons. The van der Waals surface area contributed by atoms with Crippen LogP contribution >= 0.6 is 0 Å². The lowest BCUT2D eigenvalue weighted by molar-refractivity contribution is -0.385. The monoisotopic (exact) mass is 608 g/mol. The Morgan fingerprint density at radius 3 is 2.09 bits per heavy atom. The highest BCUT2D eigenvalue weighted by atomic mass is 32.2. The molecule has 15 nitrogen and oxygen atoms in total. The molecule has 6 N–H and O–H groups in total. The lowest BCUT2D eigenvalue weighted by Gasteiger charge is -2.10. The number of benzene rings is 4. The van der Waals surface area contributed by atoms with Crippen LogP contribution in [0.4, 0.5) is 28.4 Å². The van der Waals surface area contributed by atoms with Crippen molar-refractivity contribution in [2.75, 3.05) is 5.32 Å². The van der Waals surface area contributed by atoms with Crippen molar-refractivity contribution >= 4 is 50.5 Å². The number of phenols is 2. The van der Waals surface area contributed by atoms with Gasteiger partial charge in [0.25, 0.3) is 15.8 Å². The maximum absolute atomic E-state index is 11.7. The molecular formula is C27H20N4O11S. The van der Waals surface area contributed by atoms with Crippen molar-refractivity contribution in [3.63, 3.8) is 0 Å². The summed E-state index contributed by atoms with van der Waals surface area (Å²) < 4.78 is 33.0. The molecule has 0 amide bonds. The summed E-state index contributed by atoms with van der Waals surface area (Å²) in [7, 11) is -4.81. The number of hydrogen-bond acceptors (Lipinski definition) is 11. The van der Waals surface area contributed by atoms with E-state index in [1.165, 1.54) is 54.6 Å². The van der Waals surface area contributed by atoms with Crippen LogP contribution in [-0.4, -0.2) is 50.3 Å². The molecule has 0 saturated carbocycles. The van der Waals surface area contributed by atoms with Gasteiger partial charge in [-0.05, 0) is 72.1 Å². The van der Waals surface area contributed by atoms with Crippen LogP contribution in [0.15, 0.2) is 87.9 Å². The van der Waals surface area contributed by atoms with E-state index in [2.05, 4.69) is 15.5 Å². The quantitative estimate of drug-likeness (QED) is 0.0573.